The molecule has 0 fully saturated rings. The summed E-state index contributed by atoms with van der Waals surface area (Å²) >= 11 is 1.60. The van der Waals surface area contributed by atoms with Crippen molar-refractivity contribution in [2.75, 3.05) is 0 Å². The molecule has 1 nitrogen and oxygen atoms in total. The summed E-state index contributed by atoms with van der Waals surface area (Å²) in [4.78, 5) is 12.3. The Morgan fingerprint density at radius 3 is 2.73 bits per heavy atom. The van der Waals surface area contributed by atoms with Gasteiger partial charge in [0.1, 0.15) is 0 Å². The second-order valence-electron chi connectivity index (χ2n) is 3.22. The number of hydrogen-bond acceptors (Lipinski definition) is 2. The first-order chi connectivity index (χ1) is 7.17. The van der Waals surface area contributed by atoms with Gasteiger partial charge in [0, 0.05) is 22.2 Å². The maximum absolute atomic E-state index is 11.1. The van der Waals surface area contributed by atoms with Crippen LogP contribution >= 0.6 is 11.3 Å². The molecule has 0 aliphatic rings. The van der Waals surface area contributed by atoms with Crippen molar-refractivity contribution < 1.29 is 4.79 Å². The number of ketones is 1. The van der Waals surface area contributed by atoms with Crippen molar-refractivity contribution in [1.82, 2.24) is 0 Å². The van der Waals surface area contributed by atoms with Crippen molar-refractivity contribution in [3.8, 4) is 0 Å². The van der Waals surface area contributed by atoms with Crippen LogP contribution in [0.1, 0.15) is 22.2 Å². The standard InChI is InChI=1S/C13H14OS/c1-4-6-11(5-2)7-13-8-12(9-15-13)10(3)14/h4-6,8-9H,1-2,7H2,3H3/b11-6+. The van der Waals surface area contributed by atoms with Gasteiger partial charge >= 0.3 is 0 Å². The number of hydrogen-bond donors (Lipinski definition) is 0. The molecule has 0 saturated carbocycles. The Labute approximate surface area is 94.4 Å². The highest BCUT2D eigenvalue weighted by Gasteiger charge is 2.04. The fourth-order valence-electron chi connectivity index (χ4n) is 1.21. The van der Waals surface area contributed by atoms with Gasteiger partial charge in [0.2, 0.25) is 0 Å². The fraction of sp³-hybridized carbons (Fsp3) is 0.154. The Morgan fingerprint density at radius 1 is 1.53 bits per heavy atom. The third kappa shape index (κ3) is 3.33. The maximum atomic E-state index is 11.1. The number of carbonyl (C=O) groups is 1. The fourth-order valence-corrected chi connectivity index (χ4v) is 2.17. The van der Waals surface area contributed by atoms with Crippen molar-refractivity contribution in [1.29, 1.82) is 0 Å². The van der Waals surface area contributed by atoms with Gasteiger partial charge in [0.25, 0.3) is 0 Å². The second kappa shape index (κ2) is 5.47. The summed E-state index contributed by atoms with van der Waals surface area (Å²) in [5, 5.41) is 1.90. The van der Waals surface area contributed by atoms with Gasteiger partial charge in [-0.15, -0.1) is 11.3 Å². The molecule has 1 aromatic rings. The zero-order valence-corrected chi connectivity index (χ0v) is 9.64. The van der Waals surface area contributed by atoms with E-state index >= 15 is 0 Å². The maximum Gasteiger partial charge on any atom is 0.160 e. The monoisotopic (exact) mass is 218 g/mol. The molecule has 0 bridgehead atoms. The minimum absolute atomic E-state index is 0.116. The number of Topliss-reactive ketones (excluding diaryl/α,β-unsaturated/α-hetero) is 1. The number of thiophene rings is 1. The van der Waals surface area contributed by atoms with E-state index in [0.717, 1.165) is 17.6 Å². The van der Waals surface area contributed by atoms with Crippen LogP contribution in [0, 0.1) is 0 Å². The quantitative estimate of drug-likeness (QED) is 0.543. The molecule has 15 heavy (non-hydrogen) atoms. The predicted molar refractivity (Wildman–Crippen MR) is 66.5 cm³/mol. The van der Waals surface area contributed by atoms with E-state index in [0.29, 0.717) is 0 Å². The Kier molecular flexibility index (Phi) is 4.25. The van der Waals surface area contributed by atoms with Crippen LogP contribution in [-0.4, -0.2) is 5.78 Å². The van der Waals surface area contributed by atoms with Crippen LogP contribution in [-0.2, 0) is 6.42 Å². The highest BCUT2D eigenvalue weighted by molar-refractivity contribution is 7.10. The first-order valence-electron chi connectivity index (χ1n) is 4.69. The van der Waals surface area contributed by atoms with Crippen molar-refractivity contribution >= 4 is 17.1 Å². The van der Waals surface area contributed by atoms with Crippen molar-refractivity contribution in [3.63, 3.8) is 0 Å². The molecular weight excluding hydrogens is 204 g/mol. The first kappa shape index (κ1) is 11.7. The largest absolute Gasteiger partial charge is 0.294 e. The third-order valence-electron chi connectivity index (χ3n) is 2.03. The molecular formula is C13H14OS. The number of allylic oxidation sites excluding steroid dienone is 4. The molecule has 0 amide bonds. The predicted octanol–water partition coefficient (Wildman–Crippen LogP) is 3.79. The zero-order valence-electron chi connectivity index (χ0n) is 8.82. The van der Waals surface area contributed by atoms with E-state index in [4.69, 9.17) is 0 Å². The topological polar surface area (TPSA) is 17.1 Å². The molecule has 0 saturated heterocycles. The van der Waals surface area contributed by atoms with Gasteiger partial charge in [0.15, 0.2) is 5.78 Å². The Bertz CT molecular complexity index is 410. The lowest BCUT2D eigenvalue weighted by Gasteiger charge is -1.96. The molecule has 0 spiro atoms. The van der Waals surface area contributed by atoms with E-state index < -0.39 is 0 Å². The van der Waals surface area contributed by atoms with E-state index in [1.165, 1.54) is 4.88 Å². The van der Waals surface area contributed by atoms with Crippen LogP contribution in [0.15, 0.2) is 48.4 Å². The molecule has 0 atom stereocenters. The zero-order chi connectivity index (χ0) is 11.3. The van der Waals surface area contributed by atoms with Gasteiger partial charge in [-0.1, -0.05) is 31.4 Å². The van der Waals surface area contributed by atoms with E-state index in [1.807, 2.05) is 23.6 Å². The van der Waals surface area contributed by atoms with Crippen LogP contribution < -0.4 is 0 Å². The molecule has 2 heteroatoms. The molecule has 0 unspecified atom stereocenters. The van der Waals surface area contributed by atoms with Crippen LogP contribution in [0.5, 0.6) is 0 Å². The van der Waals surface area contributed by atoms with Gasteiger partial charge in [-0.2, -0.15) is 0 Å². The average Bonchev–Trinajstić information content (AvgIpc) is 2.65. The summed E-state index contributed by atoms with van der Waals surface area (Å²) in [7, 11) is 0. The lowest BCUT2D eigenvalue weighted by Crippen LogP contribution is -1.88. The van der Waals surface area contributed by atoms with Gasteiger partial charge < -0.3 is 0 Å². The first-order valence-corrected chi connectivity index (χ1v) is 5.57. The highest BCUT2D eigenvalue weighted by atomic mass is 32.1. The molecule has 1 rings (SSSR count). The molecule has 0 aliphatic carbocycles. The van der Waals surface area contributed by atoms with Crippen LogP contribution in [0.25, 0.3) is 0 Å². The lowest BCUT2D eigenvalue weighted by molar-refractivity contribution is 0.101. The second-order valence-corrected chi connectivity index (χ2v) is 4.21. The van der Waals surface area contributed by atoms with E-state index in [2.05, 4.69) is 13.2 Å². The van der Waals surface area contributed by atoms with Crippen molar-refractivity contribution in [2.45, 2.75) is 13.3 Å². The lowest BCUT2D eigenvalue weighted by atomic mass is 10.1. The summed E-state index contributed by atoms with van der Waals surface area (Å²) < 4.78 is 0. The number of carbonyl (C=O) groups excluding carboxylic acids is 1. The summed E-state index contributed by atoms with van der Waals surface area (Å²) in [5.74, 6) is 0.116. The van der Waals surface area contributed by atoms with Crippen LogP contribution in [0.2, 0.25) is 0 Å². The Balaban J connectivity index is 2.80. The summed E-state index contributed by atoms with van der Waals surface area (Å²) in [6.07, 6.45) is 6.30. The third-order valence-corrected chi connectivity index (χ3v) is 2.97. The van der Waals surface area contributed by atoms with Gasteiger partial charge in [-0.3, -0.25) is 4.79 Å². The van der Waals surface area contributed by atoms with Gasteiger partial charge in [-0.05, 0) is 18.6 Å². The summed E-state index contributed by atoms with van der Waals surface area (Å²) in [6, 6.07) is 1.94. The minimum atomic E-state index is 0.116. The van der Waals surface area contributed by atoms with E-state index in [1.54, 1.807) is 24.3 Å². The summed E-state index contributed by atoms with van der Waals surface area (Å²) in [5.41, 5.74) is 1.90. The van der Waals surface area contributed by atoms with Gasteiger partial charge in [0.05, 0.1) is 0 Å². The van der Waals surface area contributed by atoms with E-state index in [9.17, 15) is 4.79 Å². The molecule has 1 heterocycles. The van der Waals surface area contributed by atoms with Gasteiger partial charge in [-0.25, -0.2) is 0 Å². The number of rotatable bonds is 5. The Morgan fingerprint density at radius 2 is 2.27 bits per heavy atom. The highest BCUT2D eigenvalue weighted by Crippen LogP contribution is 2.19. The molecule has 0 aromatic carbocycles. The van der Waals surface area contributed by atoms with Crippen molar-refractivity contribution in [2.24, 2.45) is 0 Å². The average molecular weight is 218 g/mol. The smallest absolute Gasteiger partial charge is 0.160 e. The summed E-state index contributed by atoms with van der Waals surface area (Å²) in [6.45, 7) is 8.97. The minimum Gasteiger partial charge on any atom is -0.294 e. The molecule has 0 radical (unpaired) electrons. The molecule has 1 aromatic heterocycles. The van der Waals surface area contributed by atoms with E-state index in [-0.39, 0.29) is 5.78 Å². The van der Waals surface area contributed by atoms with Crippen LogP contribution in [0.3, 0.4) is 0 Å². The molecule has 78 valence electrons. The molecule has 0 N–H and O–H groups in total. The SMILES string of the molecule is C=C/C=C(\C=C)Cc1cc(C(C)=O)cs1. The normalized spacial score (nSPS) is 11.1. The Hall–Kier alpha value is -1.41. The molecule has 0 aliphatic heterocycles. The van der Waals surface area contributed by atoms with Crippen molar-refractivity contribution in [3.05, 3.63) is 58.8 Å². The van der Waals surface area contributed by atoms with Crippen LogP contribution in [0.4, 0.5) is 0 Å².